The van der Waals surface area contributed by atoms with Gasteiger partial charge in [-0.15, -0.1) is 11.3 Å². The third-order valence-corrected chi connectivity index (χ3v) is 6.62. The maximum absolute atomic E-state index is 10.9. The topological polar surface area (TPSA) is 49.3 Å². The number of thiophene rings is 1. The van der Waals surface area contributed by atoms with Crippen LogP contribution in [0.3, 0.4) is 0 Å². The van der Waals surface area contributed by atoms with Crippen molar-refractivity contribution < 1.29 is 9.90 Å². The Kier molecular flexibility index (Phi) is 2.93. The Bertz CT molecular complexity index is 501. The van der Waals surface area contributed by atoms with Crippen LogP contribution in [0.25, 0.3) is 0 Å². The molecule has 1 aromatic rings. The molecule has 4 aliphatic carbocycles. The van der Waals surface area contributed by atoms with Crippen molar-refractivity contribution >= 4 is 17.3 Å². The van der Waals surface area contributed by atoms with Gasteiger partial charge in [-0.2, -0.15) is 0 Å². The first-order chi connectivity index (χ1) is 9.62. The van der Waals surface area contributed by atoms with Crippen LogP contribution in [0.5, 0.6) is 0 Å². The number of carboxylic acids is 1. The van der Waals surface area contributed by atoms with Crippen molar-refractivity contribution in [3.8, 4) is 0 Å². The number of hydrogen-bond donors (Lipinski definition) is 2. The van der Waals surface area contributed by atoms with Gasteiger partial charge in [0.1, 0.15) is 4.88 Å². The van der Waals surface area contributed by atoms with Crippen molar-refractivity contribution in [3.63, 3.8) is 0 Å². The minimum Gasteiger partial charge on any atom is -0.477 e. The van der Waals surface area contributed by atoms with E-state index in [0.717, 1.165) is 29.2 Å². The zero-order valence-corrected chi connectivity index (χ0v) is 12.4. The van der Waals surface area contributed by atoms with Crippen LogP contribution in [0.15, 0.2) is 12.1 Å². The molecule has 0 saturated heterocycles. The summed E-state index contributed by atoms with van der Waals surface area (Å²) in [5.74, 6) is 2.04. The first kappa shape index (κ1) is 12.8. The maximum Gasteiger partial charge on any atom is 0.345 e. The second kappa shape index (κ2) is 4.57. The Morgan fingerprint density at radius 2 is 1.80 bits per heavy atom. The molecule has 0 amide bonds. The van der Waals surface area contributed by atoms with Gasteiger partial charge in [0.2, 0.25) is 0 Å². The van der Waals surface area contributed by atoms with Crippen LogP contribution in [0.4, 0.5) is 0 Å². The smallest absolute Gasteiger partial charge is 0.345 e. The van der Waals surface area contributed by atoms with E-state index in [4.69, 9.17) is 5.11 Å². The fraction of sp³-hybridized carbons (Fsp3) is 0.688. The van der Waals surface area contributed by atoms with E-state index in [0.29, 0.717) is 10.4 Å². The molecule has 4 aliphatic rings. The molecular weight excluding hydrogens is 270 g/mol. The van der Waals surface area contributed by atoms with Crippen LogP contribution in [0.1, 0.15) is 53.1 Å². The summed E-state index contributed by atoms with van der Waals surface area (Å²) in [6.07, 6.45) is 8.41. The molecule has 0 aromatic carbocycles. The third-order valence-electron chi connectivity index (χ3n) is 5.55. The largest absolute Gasteiger partial charge is 0.477 e. The summed E-state index contributed by atoms with van der Waals surface area (Å²) in [6.45, 7) is 0.837. The van der Waals surface area contributed by atoms with Crippen LogP contribution in [0.2, 0.25) is 0 Å². The summed E-state index contributed by atoms with van der Waals surface area (Å²) in [7, 11) is 0. The van der Waals surface area contributed by atoms with Crippen molar-refractivity contribution in [2.45, 2.75) is 50.6 Å². The van der Waals surface area contributed by atoms with Crippen molar-refractivity contribution in [3.05, 3.63) is 21.9 Å². The maximum atomic E-state index is 10.9. The summed E-state index contributed by atoms with van der Waals surface area (Å²) in [4.78, 5) is 12.5. The molecule has 0 spiro atoms. The first-order valence-electron chi connectivity index (χ1n) is 7.69. The van der Waals surface area contributed by atoms with E-state index >= 15 is 0 Å². The molecule has 108 valence electrons. The lowest BCUT2D eigenvalue weighted by Gasteiger charge is -2.57. The summed E-state index contributed by atoms with van der Waals surface area (Å²) >= 11 is 1.41. The minimum atomic E-state index is -0.809. The summed E-state index contributed by atoms with van der Waals surface area (Å²) in [6, 6.07) is 3.69. The average Bonchev–Trinajstić information content (AvgIpc) is 2.84. The second-order valence-electron chi connectivity index (χ2n) is 7.12. The molecule has 5 rings (SSSR count). The highest BCUT2D eigenvalue weighted by atomic mass is 32.1. The van der Waals surface area contributed by atoms with E-state index in [1.54, 1.807) is 6.07 Å². The number of aromatic carboxylic acids is 1. The molecule has 2 N–H and O–H groups in total. The van der Waals surface area contributed by atoms with Crippen LogP contribution >= 0.6 is 11.3 Å². The molecule has 0 radical (unpaired) electrons. The molecular formula is C16H21NO2S. The van der Waals surface area contributed by atoms with Crippen LogP contribution in [0, 0.1) is 17.8 Å². The highest BCUT2D eigenvalue weighted by molar-refractivity contribution is 7.13. The molecule has 0 unspecified atom stereocenters. The van der Waals surface area contributed by atoms with Gasteiger partial charge in [-0.3, -0.25) is 0 Å². The second-order valence-corrected chi connectivity index (χ2v) is 8.29. The first-order valence-corrected chi connectivity index (χ1v) is 8.51. The van der Waals surface area contributed by atoms with E-state index in [1.165, 1.54) is 49.9 Å². The highest BCUT2D eigenvalue weighted by Gasteiger charge is 2.50. The number of carboxylic acid groups (broad SMARTS) is 1. The van der Waals surface area contributed by atoms with Crippen LogP contribution in [-0.2, 0) is 6.54 Å². The van der Waals surface area contributed by atoms with Gasteiger partial charge in [0.15, 0.2) is 0 Å². The average molecular weight is 291 g/mol. The van der Waals surface area contributed by atoms with E-state index < -0.39 is 5.97 Å². The normalized spacial score (nSPS) is 38.3. The van der Waals surface area contributed by atoms with Gasteiger partial charge in [-0.25, -0.2) is 4.79 Å². The molecule has 4 bridgehead atoms. The quantitative estimate of drug-likeness (QED) is 0.892. The van der Waals surface area contributed by atoms with Gasteiger partial charge in [0, 0.05) is 17.0 Å². The van der Waals surface area contributed by atoms with Crippen molar-refractivity contribution in [1.29, 1.82) is 0 Å². The zero-order valence-electron chi connectivity index (χ0n) is 11.6. The molecule has 1 aromatic heterocycles. The minimum absolute atomic E-state index is 0.363. The Morgan fingerprint density at radius 1 is 1.20 bits per heavy atom. The monoisotopic (exact) mass is 291 g/mol. The van der Waals surface area contributed by atoms with Gasteiger partial charge >= 0.3 is 5.97 Å². The Hall–Kier alpha value is -0.870. The van der Waals surface area contributed by atoms with Crippen LogP contribution in [-0.4, -0.2) is 16.6 Å². The molecule has 20 heavy (non-hydrogen) atoms. The molecule has 4 heteroatoms. The highest BCUT2D eigenvalue weighted by Crippen LogP contribution is 2.55. The Balaban J connectivity index is 1.45. The predicted octanol–water partition coefficient (Wildman–Crippen LogP) is 3.50. The van der Waals surface area contributed by atoms with Crippen molar-refractivity contribution in [2.75, 3.05) is 0 Å². The molecule has 0 atom stereocenters. The number of hydrogen-bond acceptors (Lipinski definition) is 3. The fourth-order valence-corrected chi connectivity index (χ4v) is 5.98. The van der Waals surface area contributed by atoms with Crippen molar-refractivity contribution in [2.24, 2.45) is 17.8 Å². The van der Waals surface area contributed by atoms with Gasteiger partial charge in [0.25, 0.3) is 0 Å². The van der Waals surface area contributed by atoms with Gasteiger partial charge < -0.3 is 10.4 Å². The molecule has 4 saturated carbocycles. The van der Waals surface area contributed by atoms with E-state index in [1.807, 2.05) is 6.07 Å². The molecule has 0 aliphatic heterocycles. The van der Waals surface area contributed by atoms with Crippen LogP contribution < -0.4 is 5.32 Å². The number of carbonyl (C=O) groups is 1. The summed E-state index contributed by atoms with van der Waals surface area (Å²) in [5, 5.41) is 12.8. The third kappa shape index (κ3) is 2.19. The summed E-state index contributed by atoms with van der Waals surface area (Å²) in [5.41, 5.74) is 0.363. The van der Waals surface area contributed by atoms with E-state index in [2.05, 4.69) is 5.32 Å². The number of rotatable bonds is 4. The molecule has 3 nitrogen and oxygen atoms in total. The van der Waals surface area contributed by atoms with E-state index in [9.17, 15) is 4.79 Å². The lowest BCUT2D eigenvalue weighted by atomic mass is 9.53. The molecule has 4 fully saturated rings. The standard InChI is InChI=1S/C16H21NO2S/c18-15(19)14-2-1-13(20-14)9-17-16-6-10-3-11(7-16)5-12(4-10)8-16/h1-2,10-12,17H,3-9H2,(H,18,19). The fourth-order valence-electron chi connectivity index (χ4n) is 5.19. The van der Waals surface area contributed by atoms with Gasteiger partial charge in [-0.05, 0) is 68.4 Å². The van der Waals surface area contributed by atoms with E-state index in [-0.39, 0.29) is 0 Å². The van der Waals surface area contributed by atoms with Gasteiger partial charge in [-0.1, -0.05) is 0 Å². The Labute approximate surface area is 123 Å². The lowest BCUT2D eigenvalue weighted by Crippen LogP contribution is -2.58. The lowest BCUT2D eigenvalue weighted by molar-refractivity contribution is -0.0204. The summed E-state index contributed by atoms with van der Waals surface area (Å²) < 4.78 is 0. The number of nitrogens with one attached hydrogen (secondary N) is 1. The SMILES string of the molecule is O=C(O)c1ccc(CNC23CC4CC(CC(C4)C2)C3)s1. The zero-order chi connectivity index (χ0) is 13.7. The van der Waals surface area contributed by atoms with Crippen molar-refractivity contribution in [1.82, 2.24) is 5.32 Å². The Morgan fingerprint density at radius 3 is 2.30 bits per heavy atom. The predicted molar refractivity (Wildman–Crippen MR) is 79.0 cm³/mol. The van der Waals surface area contributed by atoms with Gasteiger partial charge in [0.05, 0.1) is 0 Å². The molecule has 1 heterocycles.